The molecule has 4 N–H and O–H groups in total. The summed E-state index contributed by atoms with van der Waals surface area (Å²) in [6.45, 7) is 10.2. The molecule has 1 aromatic carbocycles. The molecule has 1 saturated heterocycles. The second kappa shape index (κ2) is 13.7. The number of carbonyl (C=O) groups is 3. The number of rotatable bonds is 9. The normalized spacial score (nSPS) is 20.9. The Kier molecular flexibility index (Phi) is 10.7. The van der Waals surface area contributed by atoms with Crippen molar-refractivity contribution in [3.05, 3.63) is 48.2 Å². The maximum Gasteiger partial charge on any atom is 0.332 e. The Bertz CT molecular complexity index is 1160. The van der Waals surface area contributed by atoms with Gasteiger partial charge in [-0.25, -0.2) is 9.59 Å². The first-order valence-electron chi connectivity index (χ1n) is 13.7. The molecule has 10 heteroatoms. The monoisotopic (exact) mass is 541 g/mol. The maximum atomic E-state index is 13.7. The Hall–Kier alpha value is -3.21. The van der Waals surface area contributed by atoms with Gasteiger partial charge in [0.1, 0.15) is 6.10 Å². The zero-order valence-corrected chi connectivity index (χ0v) is 23.5. The molecule has 2 heterocycles. The van der Waals surface area contributed by atoms with Gasteiger partial charge < -0.3 is 25.4 Å². The number of benzene rings is 1. The van der Waals surface area contributed by atoms with Crippen LogP contribution in [-0.2, 0) is 16.0 Å². The Morgan fingerprint density at radius 3 is 2.62 bits per heavy atom. The van der Waals surface area contributed by atoms with Crippen molar-refractivity contribution in [3.8, 4) is 0 Å². The van der Waals surface area contributed by atoms with Gasteiger partial charge in [0, 0.05) is 55.2 Å². The van der Waals surface area contributed by atoms with Crippen LogP contribution in [0.5, 0.6) is 0 Å². The molecule has 1 aliphatic heterocycles. The molecule has 0 spiro atoms. The minimum absolute atomic E-state index is 0.0562. The molecule has 0 saturated carbocycles. The van der Waals surface area contributed by atoms with Crippen LogP contribution in [0.3, 0.4) is 0 Å². The van der Waals surface area contributed by atoms with E-state index in [-0.39, 0.29) is 23.8 Å². The van der Waals surface area contributed by atoms with Crippen molar-refractivity contribution in [1.29, 1.82) is 0 Å². The van der Waals surface area contributed by atoms with Crippen LogP contribution in [0, 0.1) is 5.92 Å². The number of carbonyl (C=O) groups excluding carboxylic acids is 2. The standard InChI is InChI=1S/C26H37N5O2.C3H6O3/c1-5-11-30-17-19(25(32)31(26(33)27-6-2)13-8-12-29(3)4)14-21-20-9-7-10-22-24(20)18(16-28-22)15-23(21)30;1-2(4)3(5)6/h5,7,9-10,16,19,21,23,28H,1,6,8,11-15,17H2,2-4H3,(H,27,33);2,4H,1H3,(H,5,6)/t19-,21-,23-;/m1./s1. The van der Waals surface area contributed by atoms with Crippen molar-refractivity contribution in [1.82, 2.24) is 25.0 Å². The Balaban J connectivity index is 0.000000631. The van der Waals surface area contributed by atoms with Crippen LogP contribution >= 0.6 is 0 Å². The zero-order valence-electron chi connectivity index (χ0n) is 23.5. The lowest BCUT2D eigenvalue weighted by Crippen LogP contribution is -2.55. The highest BCUT2D eigenvalue weighted by atomic mass is 16.4. The minimum atomic E-state index is -1.23. The number of imide groups is 1. The number of aromatic amines is 1. The quantitative estimate of drug-likeness (QED) is 0.359. The number of aromatic nitrogens is 1. The predicted molar refractivity (Wildman–Crippen MR) is 152 cm³/mol. The summed E-state index contributed by atoms with van der Waals surface area (Å²) in [5.74, 6) is -1.20. The molecule has 3 amide bonds. The van der Waals surface area contributed by atoms with E-state index in [1.807, 2.05) is 27.1 Å². The molecule has 1 aliphatic carbocycles. The number of nitrogens with one attached hydrogen (secondary N) is 2. The van der Waals surface area contributed by atoms with E-state index in [1.54, 1.807) is 0 Å². The van der Waals surface area contributed by atoms with Crippen LogP contribution in [0.15, 0.2) is 37.1 Å². The number of hydrogen-bond acceptors (Lipinski definition) is 6. The molecule has 2 aromatic rings. The molecule has 1 unspecified atom stereocenters. The molecular weight excluding hydrogens is 498 g/mol. The summed E-state index contributed by atoms with van der Waals surface area (Å²) in [6, 6.07) is 6.50. The molecule has 10 nitrogen and oxygen atoms in total. The number of fused-ring (bicyclic) bond motifs is 2. The number of aliphatic hydroxyl groups excluding tert-OH is 1. The van der Waals surface area contributed by atoms with E-state index < -0.39 is 12.1 Å². The number of likely N-dealkylation sites (tertiary alicyclic amines) is 1. The fourth-order valence-electron chi connectivity index (χ4n) is 5.68. The third-order valence-corrected chi connectivity index (χ3v) is 7.47. The molecule has 4 rings (SSSR count). The van der Waals surface area contributed by atoms with Crippen molar-refractivity contribution < 1.29 is 24.6 Å². The number of urea groups is 1. The van der Waals surface area contributed by atoms with Crippen molar-refractivity contribution in [2.24, 2.45) is 5.92 Å². The molecule has 39 heavy (non-hydrogen) atoms. The highest BCUT2D eigenvalue weighted by Gasteiger charge is 2.43. The van der Waals surface area contributed by atoms with Crippen LogP contribution in [0.4, 0.5) is 4.79 Å². The molecule has 1 aromatic heterocycles. The van der Waals surface area contributed by atoms with E-state index in [4.69, 9.17) is 10.2 Å². The van der Waals surface area contributed by atoms with Gasteiger partial charge in [0.05, 0.1) is 5.92 Å². The molecule has 4 atom stereocenters. The lowest BCUT2D eigenvalue weighted by Gasteiger charge is -2.47. The maximum absolute atomic E-state index is 13.7. The van der Waals surface area contributed by atoms with Gasteiger partial charge >= 0.3 is 12.0 Å². The topological polar surface area (TPSA) is 129 Å². The van der Waals surface area contributed by atoms with Crippen LogP contribution < -0.4 is 5.32 Å². The number of aliphatic carboxylic acids is 1. The first-order valence-corrected chi connectivity index (χ1v) is 13.7. The van der Waals surface area contributed by atoms with E-state index in [0.29, 0.717) is 25.7 Å². The number of hydrogen-bond donors (Lipinski definition) is 4. The summed E-state index contributed by atoms with van der Waals surface area (Å²) in [6.07, 6.45) is 5.33. The predicted octanol–water partition coefficient (Wildman–Crippen LogP) is 2.65. The van der Waals surface area contributed by atoms with E-state index >= 15 is 0 Å². The molecular formula is C29H43N5O5. The van der Waals surface area contributed by atoms with E-state index in [1.165, 1.54) is 28.3 Å². The molecule has 0 radical (unpaired) electrons. The fraction of sp³-hybridized carbons (Fsp3) is 0.552. The van der Waals surface area contributed by atoms with E-state index in [9.17, 15) is 14.4 Å². The molecule has 0 bridgehead atoms. The van der Waals surface area contributed by atoms with Crippen molar-refractivity contribution in [2.75, 3.05) is 46.8 Å². The number of aliphatic hydroxyl groups is 1. The molecule has 214 valence electrons. The summed E-state index contributed by atoms with van der Waals surface area (Å²) < 4.78 is 0. The Morgan fingerprint density at radius 2 is 2.00 bits per heavy atom. The van der Waals surface area contributed by atoms with Gasteiger partial charge in [-0.1, -0.05) is 18.2 Å². The summed E-state index contributed by atoms with van der Waals surface area (Å²) >= 11 is 0. The van der Waals surface area contributed by atoms with E-state index in [2.05, 4.69) is 51.1 Å². The Labute approximate surface area is 230 Å². The minimum Gasteiger partial charge on any atom is -0.479 e. The second-order valence-electron chi connectivity index (χ2n) is 10.6. The van der Waals surface area contributed by atoms with Gasteiger partial charge in [-0.15, -0.1) is 6.58 Å². The largest absolute Gasteiger partial charge is 0.479 e. The smallest absolute Gasteiger partial charge is 0.332 e. The van der Waals surface area contributed by atoms with Crippen molar-refractivity contribution in [3.63, 3.8) is 0 Å². The van der Waals surface area contributed by atoms with E-state index in [0.717, 1.165) is 37.9 Å². The first-order chi connectivity index (χ1) is 18.6. The first kappa shape index (κ1) is 30.3. The number of H-pyrrole nitrogens is 1. The zero-order chi connectivity index (χ0) is 28.7. The molecule has 2 aliphatic rings. The molecule has 1 fully saturated rings. The van der Waals surface area contributed by atoms with Crippen LogP contribution in [0.25, 0.3) is 10.9 Å². The van der Waals surface area contributed by atoms with Crippen LogP contribution in [0.1, 0.15) is 43.7 Å². The summed E-state index contributed by atoms with van der Waals surface area (Å²) in [5, 5.41) is 19.9. The number of carboxylic acids is 1. The number of amides is 3. The van der Waals surface area contributed by atoms with Crippen molar-refractivity contribution in [2.45, 2.75) is 51.2 Å². The van der Waals surface area contributed by atoms with Crippen LogP contribution in [-0.4, -0.2) is 107 Å². The summed E-state index contributed by atoms with van der Waals surface area (Å²) in [4.78, 5) is 45.4. The summed E-state index contributed by atoms with van der Waals surface area (Å²) in [7, 11) is 4.01. The van der Waals surface area contributed by atoms with Gasteiger partial charge in [-0.3, -0.25) is 14.6 Å². The van der Waals surface area contributed by atoms with Gasteiger partial charge in [0.25, 0.3) is 0 Å². The second-order valence-corrected chi connectivity index (χ2v) is 10.6. The lowest BCUT2D eigenvalue weighted by atomic mass is 9.72. The average Bonchev–Trinajstić information content (AvgIpc) is 3.31. The highest BCUT2D eigenvalue weighted by molar-refractivity contribution is 5.96. The number of carboxylic acid groups (broad SMARTS) is 1. The van der Waals surface area contributed by atoms with Crippen molar-refractivity contribution >= 4 is 28.8 Å². The number of nitrogens with zero attached hydrogens (tertiary/aromatic N) is 3. The average molecular weight is 542 g/mol. The van der Waals surface area contributed by atoms with Gasteiger partial charge in [0.2, 0.25) is 5.91 Å². The summed E-state index contributed by atoms with van der Waals surface area (Å²) in [5.41, 5.74) is 3.84. The van der Waals surface area contributed by atoms with Crippen LogP contribution in [0.2, 0.25) is 0 Å². The SMILES string of the molecule is C=CCN1C[C@H](C(=O)N(CCCN(C)C)C(=O)NCC)C[C@@H]2c3cccc4[nH]cc(c34)C[C@H]21.CC(O)C(=O)O. The Morgan fingerprint density at radius 1 is 1.28 bits per heavy atom. The van der Waals surface area contributed by atoms with Gasteiger partial charge in [-0.2, -0.15) is 0 Å². The third kappa shape index (κ3) is 7.26. The lowest BCUT2D eigenvalue weighted by molar-refractivity contribution is -0.145. The number of piperidine rings is 1. The third-order valence-electron chi connectivity index (χ3n) is 7.47. The fourth-order valence-corrected chi connectivity index (χ4v) is 5.68. The highest BCUT2D eigenvalue weighted by Crippen LogP contribution is 2.45. The van der Waals surface area contributed by atoms with Gasteiger partial charge in [0.15, 0.2) is 0 Å². The van der Waals surface area contributed by atoms with Gasteiger partial charge in [-0.05, 0) is 70.9 Å².